The lowest BCUT2D eigenvalue weighted by Crippen LogP contribution is -2.26. The molecule has 0 radical (unpaired) electrons. The van der Waals surface area contributed by atoms with Crippen LogP contribution in [-0.2, 0) is 10.9 Å². The number of methoxy groups -OCH3 is 1. The number of likely N-dealkylation sites (N-methyl/N-ethyl adjacent to an activating group) is 1. The number of nitrogens with zero attached hydrogens (tertiary/aromatic N) is 3. The molecule has 0 amide bonds. The molecule has 0 aliphatic heterocycles. The number of hydrogen-bond acceptors (Lipinski definition) is 6. The Morgan fingerprint density at radius 2 is 1.85 bits per heavy atom. The molecule has 27 heavy (non-hydrogen) atoms. The average molecular weight is 383 g/mol. The van der Waals surface area contributed by atoms with Gasteiger partial charge in [-0.05, 0) is 43.7 Å². The minimum Gasteiger partial charge on any atom is -0.492 e. The second kappa shape index (κ2) is 8.24. The summed E-state index contributed by atoms with van der Waals surface area (Å²) in [6, 6.07) is 5.07. The Labute approximate surface area is 154 Å². The summed E-state index contributed by atoms with van der Waals surface area (Å²) in [7, 11) is 2.95. The van der Waals surface area contributed by atoms with Gasteiger partial charge in [-0.25, -0.2) is 14.8 Å². The third-order valence-electron chi connectivity index (χ3n) is 3.65. The first-order chi connectivity index (χ1) is 12.6. The van der Waals surface area contributed by atoms with Crippen molar-refractivity contribution in [1.29, 1.82) is 0 Å². The van der Waals surface area contributed by atoms with Crippen molar-refractivity contribution >= 4 is 11.9 Å². The predicted molar refractivity (Wildman–Crippen MR) is 93.1 cm³/mol. The zero-order valence-corrected chi connectivity index (χ0v) is 15.4. The Hall–Kier alpha value is -2.84. The molecule has 0 atom stereocenters. The summed E-state index contributed by atoms with van der Waals surface area (Å²) in [6.07, 6.45) is -4.43. The third kappa shape index (κ3) is 5.57. The number of rotatable bonds is 6. The normalized spacial score (nSPS) is 11.2. The van der Waals surface area contributed by atoms with Gasteiger partial charge in [0.05, 0.1) is 19.2 Å². The molecule has 0 unspecified atom stereocenters. The van der Waals surface area contributed by atoms with Gasteiger partial charge in [0.2, 0.25) is 5.95 Å². The highest BCUT2D eigenvalue weighted by atomic mass is 19.4. The molecule has 0 aliphatic rings. The fraction of sp³-hybridized carbons (Fsp3) is 0.389. The fourth-order valence-corrected chi connectivity index (χ4v) is 2.33. The van der Waals surface area contributed by atoms with E-state index in [4.69, 9.17) is 4.74 Å². The fourth-order valence-electron chi connectivity index (χ4n) is 2.33. The van der Waals surface area contributed by atoms with Gasteiger partial charge in [0.25, 0.3) is 0 Å². The molecule has 0 aliphatic carbocycles. The van der Waals surface area contributed by atoms with Crippen molar-refractivity contribution in [2.75, 3.05) is 32.2 Å². The maximum Gasteiger partial charge on any atom is 0.416 e. The van der Waals surface area contributed by atoms with Crippen molar-refractivity contribution < 1.29 is 27.4 Å². The van der Waals surface area contributed by atoms with Crippen LogP contribution in [0.2, 0.25) is 0 Å². The van der Waals surface area contributed by atoms with E-state index in [0.29, 0.717) is 23.8 Å². The van der Waals surface area contributed by atoms with Gasteiger partial charge in [0.1, 0.15) is 12.4 Å². The van der Waals surface area contributed by atoms with Crippen molar-refractivity contribution in [3.05, 3.63) is 46.8 Å². The Morgan fingerprint density at radius 1 is 1.15 bits per heavy atom. The Morgan fingerprint density at radius 3 is 2.48 bits per heavy atom. The summed E-state index contributed by atoms with van der Waals surface area (Å²) in [6.45, 7) is 3.71. The molecule has 0 spiro atoms. The summed E-state index contributed by atoms with van der Waals surface area (Å²) < 4.78 is 48.7. The smallest absolute Gasteiger partial charge is 0.416 e. The number of hydrogen-bond donors (Lipinski definition) is 0. The van der Waals surface area contributed by atoms with Crippen LogP contribution in [0, 0.1) is 13.8 Å². The maximum atomic E-state index is 12.9. The van der Waals surface area contributed by atoms with Crippen molar-refractivity contribution in [2.24, 2.45) is 0 Å². The molecule has 0 fully saturated rings. The minimum absolute atomic E-state index is 0.113. The number of ether oxygens (including phenoxy) is 2. The highest BCUT2D eigenvalue weighted by molar-refractivity contribution is 5.87. The van der Waals surface area contributed by atoms with Crippen LogP contribution in [-0.4, -0.2) is 43.2 Å². The quantitative estimate of drug-likeness (QED) is 0.713. The second-order valence-electron chi connectivity index (χ2n) is 5.99. The van der Waals surface area contributed by atoms with Gasteiger partial charge < -0.3 is 14.4 Å². The molecule has 1 aromatic heterocycles. The maximum absolute atomic E-state index is 12.9. The van der Waals surface area contributed by atoms with E-state index in [0.717, 1.165) is 12.1 Å². The van der Waals surface area contributed by atoms with Crippen LogP contribution in [0.25, 0.3) is 0 Å². The summed E-state index contributed by atoms with van der Waals surface area (Å²) in [4.78, 5) is 21.6. The number of benzene rings is 1. The largest absolute Gasteiger partial charge is 0.492 e. The van der Waals surface area contributed by atoms with Crippen molar-refractivity contribution in [2.45, 2.75) is 20.0 Å². The predicted octanol–water partition coefficient (Wildman–Crippen LogP) is 3.41. The number of aryl methyl sites for hydroxylation is 2. The zero-order chi connectivity index (χ0) is 20.2. The van der Waals surface area contributed by atoms with E-state index >= 15 is 0 Å². The monoisotopic (exact) mass is 383 g/mol. The molecule has 0 N–H and O–H groups in total. The Balaban J connectivity index is 2.05. The second-order valence-corrected chi connectivity index (χ2v) is 5.99. The van der Waals surface area contributed by atoms with E-state index in [1.54, 1.807) is 25.8 Å². The summed E-state index contributed by atoms with van der Waals surface area (Å²) in [5.74, 6) is -0.152. The first kappa shape index (κ1) is 20.5. The van der Waals surface area contributed by atoms with Gasteiger partial charge in [-0.2, -0.15) is 13.2 Å². The van der Waals surface area contributed by atoms with E-state index < -0.39 is 17.7 Å². The molecular weight excluding hydrogens is 363 g/mol. The molecule has 9 heteroatoms. The number of carbonyl (C=O) groups excluding carboxylic acids is 1. The summed E-state index contributed by atoms with van der Waals surface area (Å²) >= 11 is 0. The van der Waals surface area contributed by atoms with E-state index in [-0.39, 0.29) is 18.1 Å². The first-order valence-corrected chi connectivity index (χ1v) is 8.07. The van der Waals surface area contributed by atoms with Gasteiger partial charge >= 0.3 is 12.1 Å². The van der Waals surface area contributed by atoms with Crippen molar-refractivity contribution in [3.63, 3.8) is 0 Å². The number of halogens is 3. The molecule has 2 aromatic rings. The molecule has 1 heterocycles. The molecule has 0 saturated heterocycles. The van der Waals surface area contributed by atoms with Crippen LogP contribution < -0.4 is 9.64 Å². The molecule has 1 aromatic carbocycles. The van der Waals surface area contributed by atoms with E-state index in [1.165, 1.54) is 19.2 Å². The number of alkyl halides is 3. The van der Waals surface area contributed by atoms with Gasteiger partial charge in [0.15, 0.2) is 5.69 Å². The number of carbonyl (C=O) groups is 1. The van der Waals surface area contributed by atoms with Gasteiger partial charge in [0, 0.05) is 12.7 Å². The van der Waals surface area contributed by atoms with Crippen molar-refractivity contribution in [1.82, 2.24) is 9.97 Å². The lowest BCUT2D eigenvalue weighted by Gasteiger charge is -2.18. The van der Waals surface area contributed by atoms with E-state index in [1.807, 2.05) is 0 Å². The molecule has 0 saturated carbocycles. The topological polar surface area (TPSA) is 64.5 Å². The molecule has 0 bridgehead atoms. The molecular formula is C18H20F3N3O3. The van der Waals surface area contributed by atoms with E-state index in [9.17, 15) is 18.0 Å². The third-order valence-corrected chi connectivity index (χ3v) is 3.65. The zero-order valence-electron chi connectivity index (χ0n) is 15.4. The molecule has 6 nitrogen and oxygen atoms in total. The van der Waals surface area contributed by atoms with Gasteiger partial charge in [-0.3, -0.25) is 0 Å². The average Bonchev–Trinajstić information content (AvgIpc) is 2.59. The first-order valence-electron chi connectivity index (χ1n) is 8.07. The standard InChI is InChI=1S/C18H20F3N3O3/c1-11-7-13(18(19,20)21)10-14(8-11)27-6-5-24(3)17-22-12(2)9-15(23-17)16(25)26-4/h7-10H,5-6H2,1-4H3. The highest BCUT2D eigenvalue weighted by Crippen LogP contribution is 2.32. The minimum atomic E-state index is -4.43. The Kier molecular flexibility index (Phi) is 6.24. The molecule has 146 valence electrons. The van der Waals surface area contributed by atoms with Crippen LogP contribution in [0.4, 0.5) is 19.1 Å². The van der Waals surface area contributed by atoms with Crippen LogP contribution in [0.5, 0.6) is 5.75 Å². The lowest BCUT2D eigenvalue weighted by molar-refractivity contribution is -0.137. The number of aromatic nitrogens is 2. The number of esters is 1. The van der Waals surface area contributed by atoms with Crippen LogP contribution >= 0.6 is 0 Å². The summed E-state index contributed by atoms with van der Waals surface area (Å²) in [5.41, 5.74) is 0.413. The summed E-state index contributed by atoms with van der Waals surface area (Å²) in [5, 5.41) is 0. The molecule has 2 rings (SSSR count). The van der Waals surface area contributed by atoms with Crippen LogP contribution in [0.15, 0.2) is 24.3 Å². The van der Waals surface area contributed by atoms with Crippen molar-refractivity contribution in [3.8, 4) is 5.75 Å². The SMILES string of the molecule is COC(=O)c1cc(C)nc(N(C)CCOc2cc(C)cc(C(F)(F)F)c2)n1. The van der Waals surface area contributed by atoms with Crippen LogP contribution in [0.3, 0.4) is 0 Å². The Bertz CT molecular complexity index is 825. The van der Waals surface area contributed by atoms with Gasteiger partial charge in [-0.1, -0.05) is 0 Å². The van der Waals surface area contributed by atoms with Crippen LogP contribution in [0.1, 0.15) is 27.3 Å². The number of anilines is 1. The van der Waals surface area contributed by atoms with E-state index in [2.05, 4.69) is 14.7 Å². The highest BCUT2D eigenvalue weighted by Gasteiger charge is 2.31. The lowest BCUT2D eigenvalue weighted by atomic mass is 10.1. The van der Waals surface area contributed by atoms with Gasteiger partial charge in [-0.15, -0.1) is 0 Å².